The summed E-state index contributed by atoms with van der Waals surface area (Å²) in [5.74, 6) is -2.00. The predicted octanol–water partition coefficient (Wildman–Crippen LogP) is 3.37. The third-order valence-corrected chi connectivity index (χ3v) is 2.98. The monoisotopic (exact) mass is 270 g/mol. The van der Waals surface area contributed by atoms with Crippen LogP contribution in [0.15, 0.2) is 36.4 Å². The minimum Gasteiger partial charge on any atom is -0.478 e. The first-order chi connectivity index (χ1) is 9.36. The molecule has 102 valence electrons. The summed E-state index contributed by atoms with van der Waals surface area (Å²) in [6.45, 7) is 3.62. The molecule has 2 rings (SSSR count). The topological polar surface area (TPSA) is 74.6 Å². The number of aryl methyl sites for hydroxylation is 2. The van der Waals surface area contributed by atoms with E-state index in [-0.39, 0.29) is 11.1 Å². The number of benzene rings is 2. The smallest absolute Gasteiger partial charge is 0.335 e. The van der Waals surface area contributed by atoms with Crippen LogP contribution in [0.5, 0.6) is 0 Å². The molecule has 0 unspecified atom stereocenters. The van der Waals surface area contributed by atoms with Gasteiger partial charge in [-0.15, -0.1) is 0 Å². The highest BCUT2D eigenvalue weighted by atomic mass is 16.4. The number of hydrogen-bond donors (Lipinski definition) is 2. The first-order valence-electron chi connectivity index (χ1n) is 6.07. The van der Waals surface area contributed by atoms with Gasteiger partial charge in [-0.05, 0) is 60.4 Å². The van der Waals surface area contributed by atoms with Gasteiger partial charge in [0.15, 0.2) is 0 Å². The van der Waals surface area contributed by atoms with Crippen LogP contribution in [0.3, 0.4) is 0 Å². The Hall–Kier alpha value is -2.62. The normalized spacial score (nSPS) is 10.3. The zero-order valence-electron chi connectivity index (χ0n) is 11.2. The number of carboxylic acids is 2. The highest BCUT2D eigenvalue weighted by molar-refractivity contribution is 5.92. The number of rotatable bonds is 3. The van der Waals surface area contributed by atoms with Crippen molar-refractivity contribution in [2.45, 2.75) is 13.8 Å². The molecule has 2 aromatic rings. The molecule has 0 saturated carbocycles. The van der Waals surface area contributed by atoms with Crippen molar-refractivity contribution in [3.63, 3.8) is 0 Å². The lowest BCUT2D eigenvalue weighted by Gasteiger charge is -2.08. The second kappa shape index (κ2) is 5.17. The van der Waals surface area contributed by atoms with Gasteiger partial charge in [0.1, 0.15) is 0 Å². The van der Waals surface area contributed by atoms with Gasteiger partial charge in [0.2, 0.25) is 0 Å². The Bertz CT molecular complexity index is 640. The van der Waals surface area contributed by atoms with Crippen molar-refractivity contribution >= 4 is 11.9 Å². The van der Waals surface area contributed by atoms with Crippen LogP contribution >= 0.6 is 0 Å². The fraction of sp³-hybridized carbons (Fsp3) is 0.125. The molecule has 0 fully saturated rings. The van der Waals surface area contributed by atoms with Crippen molar-refractivity contribution < 1.29 is 19.8 Å². The van der Waals surface area contributed by atoms with Gasteiger partial charge in [-0.1, -0.05) is 12.1 Å². The second-order valence-electron chi connectivity index (χ2n) is 4.79. The molecule has 0 aliphatic carbocycles. The maximum Gasteiger partial charge on any atom is 0.335 e. The van der Waals surface area contributed by atoms with Crippen LogP contribution in [0.2, 0.25) is 0 Å². The van der Waals surface area contributed by atoms with Crippen molar-refractivity contribution in [2.75, 3.05) is 0 Å². The average molecular weight is 270 g/mol. The van der Waals surface area contributed by atoms with Crippen LogP contribution < -0.4 is 0 Å². The quantitative estimate of drug-likeness (QED) is 0.896. The van der Waals surface area contributed by atoms with Gasteiger partial charge in [-0.3, -0.25) is 0 Å². The van der Waals surface area contributed by atoms with E-state index in [0.717, 1.165) is 11.1 Å². The molecular weight excluding hydrogens is 256 g/mol. The van der Waals surface area contributed by atoms with Crippen LogP contribution in [0, 0.1) is 13.8 Å². The van der Waals surface area contributed by atoms with Gasteiger partial charge in [0, 0.05) is 0 Å². The molecule has 0 radical (unpaired) electrons. The lowest BCUT2D eigenvalue weighted by Crippen LogP contribution is -1.99. The fourth-order valence-electron chi connectivity index (χ4n) is 2.15. The molecule has 0 saturated heterocycles. The molecule has 2 N–H and O–H groups in total. The van der Waals surface area contributed by atoms with Gasteiger partial charge >= 0.3 is 11.9 Å². The number of carbonyl (C=O) groups is 2. The van der Waals surface area contributed by atoms with Gasteiger partial charge in [0.05, 0.1) is 11.1 Å². The van der Waals surface area contributed by atoms with E-state index in [4.69, 9.17) is 10.2 Å². The van der Waals surface area contributed by atoms with Crippen LogP contribution in [-0.2, 0) is 0 Å². The Morgan fingerprint density at radius 1 is 0.700 bits per heavy atom. The van der Waals surface area contributed by atoms with E-state index in [0.29, 0.717) is 11.1 Å². The Morgan fingerprint density at radius 3 is 1.35 bits per heavy atom. The molecule has 4 nitrogen and oxygen atoms in total. The number of aromatic carboxylic acids is 2. The number of carboxylic acid groups (broad SMARTS) is 2. The van der Waals surface area contributed by atoms with E-state index in [2.05, 4.69) is 0 Å². The second-order valence-corrected chi connectivity index (χ2v) is 4.79. The minimum absolute atomic E-state index is 0.193. The molecule has 4 heteroatoms. The molecule has 0 atom stereocenters. The SMILES string of the molecule is Cc1cc(C(=O)O)cc(-c2cc(C)cc(C(=O)O)c2)c1. The van der Waals surface area contributed by atoms with Gasteiger partial charge in [-0.2, -0.15) is 0 Å². The first-order valence-corrected chi connectivity index (χ1v) is 6.07. The maximum atomic E-state index is 11.1. The Kier molecular flexibility index (Phi) is 3.57. The van der Waals surface area contributed by atoms with Crippen LogP contribution in [0.25, 0.3) is 11.1 Å². The van der Waals surface area contributed by atoms with Crippen molar-refractivity contribution in [2.24, 2.45) is 0 Å². The van der Waals surface area contributed by atoms with E-state index in [1.807, 2.05) is 26.0 Å². The van der Waals surface area contributed by atoms with Crippen LogP contribution in [0.1, 0.15) is 31.8 Å². The highest BCUT2D eigenvalue weighted by Crippen LogP contribution is 2.25. The molecule has 20 heavy (non-hydrogen) atoms. The summed E-state index contributed by atoms with van der Waals surface area (Å²) in [5, 5.41) is 18.2. The van der Waals surface area contributed by atoms with Crippen LogP contribution in [0.4, 0.5) is 0 Å². The van der Waals surface area contributed by atoms with E-state index in [1.54, 1.807) is 24.3 Å². The van der Waals surface area contributed by atoms with Crippen LogP contribution in [-0.4, -0.2) is 22.2 Å². The van der Waals surface area contributed by atoms with E-state index >= 15 is 0 Å². The molecule has 0 bridgehead atoms. The van der Waals surface area contributed by atoms with Gasteiger partial charge in [-0.25, -0.2) is 9.59 Å². The molecule has 0 amide bonds. The van der Waals surface area contributed by atoms with Gasteiger partial charge < -0.3 is 10.2 Å². The summed E-state index contributed by atoms with van der Waals surface area (Å²) >= 11 is 0. The third kappa shape index (κ3) is 2.85. The van der Waals surface area contributed by atoms with Crippen molar-refractivity contribution in [1.29, 1.82) is 0 Å². The summed E-state index contributed by atoms with van der Waals surface area (Å²) in [6.07, 6.45) is 0. The highest BCUT2D eigenvalue weighted by Gasteiger charge is 2.10. The lowest BCUT2D eigenvalue weighted by molar-refractivity contribution is 0.0686. The number of hydrogen-bond acceptors (Lipinski definition) is 2. The zero-order chi connectivity index (χ0) is 14.9. The van der Waals surface area contributed by atoms with Gasteiger partial charge in [0.25, 0.3) is 0 Å². The van der Waals surface area contributed by atoms with Crippen molar-refractivity contribution in [3.05, 3.63) is 58.7 Å². The molecule has 0 aromatic heterocycles. The lowest BCUT2D eigenvalue weighted by atomic mass is 9.97. The predicted molar refractivity (Wildman–Crippen MR) is 75.3 cm³/mol. The summed E-state index contributed by atoms with van der Waals surface area (Å²) in [4.78, 5) is 22.2. The zero-order valence-corrected chi connectivity index (χ0v) is 11.2. The molecule has 2 aromatic carbocycles. The molecule has 0 aliphatic heterocycles. The molecule has 0 aliphatic rings. The van der Waals surface area contributed by atoms with E-state index in [1.165, 1.54) is 0 Å². The molecular formula is C16H14O4. The Morgan fingerprint density at radius 2 is 1.05 bits per heavy atom. The minimum atomic E-state index is -0.999. The fourth-order valence-corrected chi connectivity index (χ4v) is 2.15. The summed E-state index contributed by atoms with van der Waals surface area (Å²) < 4.78 is 0. The first kappa shape index (κ1) is 13.8. The summed E-state index contributed by atoms with van der Waals surface area (Å²) in [5.41, 5.74) is 3.43. The van der Waals surface area contributed by atoms with E-state index < -0.39 is 11.9 Å². The standard InChI is InChI=1S/C16H14O4/c1-9-3-11(7-13(5-9)15(17)18)12-4-10(2)6-14(8-12)16(19)20/h3-8H,1-2H3,(H,17,18)(H,19,20). The largest absolute Gasteiger partial charge is 0.478 e. The van der Waals surface area contributed by atoms with E-state index in [9.17, 15) is 9.59 Å². The Labute approximate surface area is 116 Å². The van der Waals surface area contributed by atoms with Crippen molar-refractivity contribution in [3.8, 4) is 11.1 Å². The Balaban J connectivity index is 2.62. The summed E-state index contributed by atoms with van der Waals surface area (Å²) in [6, 6.07) is 9.95. The van der Waals surface area contributed by atoms with Crippen molar-refractivity contribution in [1.82, 2.24) is 0 Å². The third-order valence-electron chi connectivity index (χ3n) is 2.98. The summed E-state index contributed by atoms with van der Waals surface area (Å²) in [7, 11) is 0. The maximum absolute atomic E-state index is 11.1. The molecule has 0 heterocycles. The average Bonchev–Trinajstić information content (AvgIpc) is 2.37. The molecule has 0 spiro atoms.